The zero-order chi connectivity index (χ0) is 26.0. The molecule has 0 saturated heterocycles. The van der Waals surface area contributed by atoms with Crippen molar-refractivity contribution in [1.29, 1.82) is 0 Å². The number of fused-ring (bicyclic) bond motifs is 4. The van der Waals surface area contributed by atoms with Crippen LogP contribution in [0.5, 0.6) is 5.75 Å². The van der Waals surface area contributed by atoms with Gasteiger partial charge in [-0.3, -0.25) is 18.5 Å². The fourth-order valence-corrected chi connectivity index (χ4v) is 5.38. The number of amidine groups is 1. The Hall–Kier alpha value is -3.62. The van der Waals surface area contributed by atoms with Crippen LogP contribution in [0, 0.1) is 5.92 Å². The summed E-state index contributed by atoms with van der Waals surface area (Å²) >= 11 is 0. The second-order valence-corrected chi connectivity index (χ2v) is 10.4. The molecule has 0 radical (unpaired) electrons. The first kappa shape index (κ1) is 24.1. The Balaban J connectivity index is 1.71. The van der Waals surface area contributed by atoms with Gasteiger partial charge in [-0.1, -0.05) is 24.6 Å². The van der Waals surface area contributed by atoms with E-state index in [4.69, 9.17) is 0 Å². The fourth-order valence-electron chi connectivity index (χ4n) is 4.06. The number of H-pyrrole nitrogens is 1. The highest BCUT2D eigenvalue weighted by molar-refractivity contribution is 8.23. The Kier molecular flexibility index (Phi) is 5.50. The summed E-state index contributed by atoms with van der Waals surface area (Å²) in [6.07, 6.45) is -2.66. The van der Waals surface area contributed by atoms with Gasteiger partial charge in [-0.2, -0.15) is 13.2 Å². The van der Waals surface area contributed by atoms with E-state index in [0.717, 1.165) is 0 Å². The van der Waals surface area contributed by atoms with E-state index in [-0.39, 0.29) is 56.5 Å². The highest BCUT2D eigenvalue weighted by Crippen LogP contribution is 2.58. The lowest BCUT2D eigenvalue weighted by Gasteiger charge is -2.34. The lowest BCUT2D eigenvalue weighted by molar-refractivity contribution is -0.144. The Bertz CT molecular complexity index is 1610. The number of imidazole rings is 1. The SMILES string of the molecule is CC(C)CCn1c(=O)c(C2=NS(O)(O)c3c(ccc4[nH]c(C(F)(F)F)nc34)N2)c(O)c2cccnc21. The van der Waals surface area contributed by atoms with Crippen LogP contribution < -0.4 is 10.9 Å². The summed E-state index contributed by atoms with van der Waals surface area (Å²) in [5.74, 6) is -1.84. The van der Waals surface area contributed by atoms with Gasteiger partial charge in [-0.05, 0) is 36.6 Å². The molecule has 4 aromatic rings. The Labute approximate surface area is 203 Å². The first-order chi connectivity index (χ1) is 16.9. The maximum absolute atomic E-state index is 13.5. The van der Waals surface area contributed by atoms with E-state index in [2.05, 4.69) is 24.7 Å². The van der Waals surface area contributed by atoms with Gasteiger partial charge in [-0.15, -0.1) is 4.40 Å². The van der Waals surface area contributed by atoms with Crippen molar-refractivity contribution in [3.8, 4) is 5.75 Å². The zero-order valence-corrected chi connectivity index (χ0v) is 19.8. The standard InChI is InChI=1S/C22H21F3N6O4S/c1-10(2)7-9-31-19-11(4-3-8-26-19)16(32)14(20(31)33)18-27-13-6-5-12-15(17(13)36(34,35)30-18)29-21(28-12)22(23,24)25/h3-6,8,10,32,34-35H,7,9H2,1-2H3,(H,27,30)(H,28,29). The van der Waals surface area contributed by atoms with Crippen LogP contribution in [0.4, 0.5) is 18.9 Å². The highest BCUT2D eigenvalue weighted by atomic mass is 32.3. The molecule has 1 aromatic carbocycles. The maximum atomic E-state index is 13.5. The molecule has 0 fully saturated rings. The molecular weight excluding hydrogens is 501 g/mol. The third-order valence-corrected chi connectivity index (χ3v) is 7.18. The van der Waals surface area contributed by atoms with Gasteiger partial charge in [0, 0.05) is 12.7 Å². The van der Waals surface area contributed by atoms with E-state index >= 15 is 0 Å². The normalized spacial score (nSPS) is 16.2. The maximum Gasteiger partial charge on any atom is 0.449 e. The minimum atomic E-state index is -4.78. The van der Waals surface area contributed by atoms with Crippen molar-refractivity contribution in [1.82, 2.24) is 19.5 Å². The molecule has 0 aliphatic carbocycles. The number of nitrogens with zero attached hydrogens (tertiary/aromatic N) is 4. The molecule has 5 rings (SSSR count). The molecule has 0 saturated carbocycles. The van der Waals surface area contributed by atoms with Crippen LogP contribution in [0.2, 0.25) is 0 Å². The molecule has 190 valence electrons. The molecule has 0 bridgehead atoms. The van der Waals surface area contributed by atoms with Gasteiger partial charge in [0.25, 0.3) is 5.56 Å². The van der Waals surface area contributed by atoms with Gasteiger partial charge >= 0.3 is 6.18 Å². The molecule has 4 heterocycles. The molecule has 0 spiro atoms. The van der Waals surface area contributed by atoms with Crippen molar-refractivity contribution in [2.75, 3.05) is 5.32 Å². The summed E-state index contributed by atoms with van der Waals surface area (Å²) in [4.78, 5) is 23.0. The van der Waals surface area contributed by atoms with Crippen LogP contribution in [-0.2, 0) is 12.7 Å². The molecule has 0 unspecified atom stereocenters. The molecule has 0 atom stereocenters. The van der Waals surface area contributed by atoms with E-state index in [9.17, 15) is 32.2 Å². The number of hydrogen-bond donors (Lipinski definition) is 5. The number of aromatic hydroxyl groups is 1. The molecular formula is C22H21F3N6O4S. The lowest BCUT2D eigenvalue weighted by atomic mass is 10.1. The molecule has 3 aromatic heterocycles. The summed E-state index contributed by atoms with van der Waals surface area (Å²) < 4.78 is 66.6. The van der Waals surface area contributed by atoms with Crippen LogP contribution in [0.1, 0.15) is 31.7 Å². The van der Waals surface area contributed by atoms with Crippen molar-refractivity contribution in [2.24, 2.45) is 10.3 Å². The van der Waals surface area contributed by atoms with Crippen molar-refractivity contribution in [3.05, 3.63) is 52.2 Å². The number of aromatic nitrogens is 4. The summed E-state index contributed by atoms with van der Waals surface area (Å²) in [6.45, 7) is 4.26. The third-order valence-electron chi connectivity index (χ3n) is 5.78. The highest BCUT2D eigenvalue weighted by Gasteiger charge is 2.38. The van der Waals surface area contributed by atoms with Gasteiger partial charge in [0.2, 0.25) is 5.82 Å². The Morgan fingerprint density at radius 2 is 1.94 bits per heavy atom. The van der Waals surface area contributed by atoms with Gasteiger partial charge in [-0.25, -0.2) is 9.97 Å². The summed E-state index contributed by atoms with van der Waals surface area (Å²) in [6, 6.07) is 5.74. The molecule has 10 nitrogen and oxygen atoms in total. The number of alkyl halides is 3. The van der Waals surface area contributed by atoms with Crippen LogP contribution >= 0.6 is 10.8 Å². The largest absolute Gasteiger partial charge is 0.506 e. The summed E-state index contributed by atoms with van der Waals surface area (Å²) in [5.41, 5.74) is -1.13. The monoisotopic (exact) mass is 522 g/mol. The van der Waals surface area contributed by atoms with Crippen molar-refractivity contribution in [3.63, 3.8) is 0 Å². The minimum Gasteiger partial charge on any atom is -0.506 e. The molecule has 36 heavy (non-hydrogen) atoms. The summed E-state index contributed by atoms with van der Waals surface area (Å²) in [5, 5.41) is 14.0. The minimum absolute atomic E-state index is 0.00783. The van der Waals surface area contributed by atoms with Crippen LogP contribution in [0.15, 0.2) is 44.6 Å². The number of halogens is 3. The van der Waals surface area contributed by atoms with Crippen LogP contribution in [-0.4, -0.2) is 39.6 Å². The van der Waals surface area contributed by atoms with Crippen molar-refractivity contribution >= 4 is 44.4 Å². The van der Waals surface area contributed by atoms with E-state index in [1.807, 2.05) is 13.8 Å². The second-order valence-electron chi connectivity index (χ2n) is 8.74. The number of aromatic amines is 1. The predicted molar refractivity (Wildman–Crippen MR) is 129 cm³/mol. The molecule has 14 heteroatoms. The number of anilines is 1. The average Bonchev–Trinajstić information content (AvgIpc) is 3.23. The van der Waals surface area contributed by atoms with Crippen molar-refractivity contribution in [2.45, 2.75) is 37.9 Å². The number of benzene rings is 1. The van der Waals surface area contributed by atoms with Gasteiger partial charge < -0.3 is 15.4 Å². The molecule has 1 aliphatic heterocycles. The molecule has 1 aliphatic rings. The van der Waals surface area contributed by atoms with E-state index in [1.54, 1.807) is 12.1 Å². The first-order valence-electron chi connectivity index (χ1n) is 10.8. The molecule has 0 amide bonds. The van der Waals surface area contributed by atoms with E-state index in [1.165, 1.54) is 22.9 Å². The topological polar surface area (TPSA) is 149 Å². The lowest BCUT2D eigenvalue weighted by Crippen LogP contribution is -2.32. The first-order valence-corrected chi connectivity index (χ1v) is 12.3. The fraction of sp³-hybridized carbons (Fsp3) is 0.273. The van der Waals surface area contributed by atoms with Crippen molar-refractivity contribution < 1.29 is 27.4 Å². The number of aryl methyl sites for hydroxylation is 1. The average molecular weight is 523 g/mol. The number of hydrogen-bond acceptors (Lipinski definition) is 8. The number of nitrogens with one attached hydrogen (secondary N) is 2. The van der Waals surface area contributed by atoms with E-state index < -0.39 is 34.1 Å². The quantitative estimate of drug-likeness (QED) is 0.255. The van der Waals surface area contributed by atoms with Crippen LogP contribution in [0.3, 0.4) is 0 Å². The van der Waals surface area contributed by atoms with Crippen LogP contribution in [0.25, 0.3) is 22.1 Å². The molecule has 5 N–H and O–H groups in total. The smallest absolute Gasteiger partial charge is 0.449 e. The number of rotatable bonds is 4. The predicted octanol–water partition coefficient (Wildman–Crippen LogP) is 4.94. The third kappa shape index (κ3) is 3.86. The summed E-state index contributed by atoms with van der Waals surface area (Å²) in [7, 11) is -4.12. The number of pyridine rings is 2. The van der Waals surface area contributed by atoms with Gasteiger partial charge in [0.05, 0.1) is 16.6 Å². The Morgan fingerprint density at radius 1 is 1.19 bits per heavy atom. The second kappa shape index (κ2) is 8.21. The van der Waals surface area contributed by atoms with Gasteiger partial charge in [0.15, 0.2) is 5.84 Å². The van der Waals surface area contributed by atoms with Gasteiger partial charge in [0.1, 0.15) is 27.4 Å². The zero-order valence-electron chi connectivity index (χ0n) is 19.0. The van der Waals surface area contributed by atoms with E-state index in [0.29, 0.717) is 6.42 Å². The Morgan fingerprint density at radius 3 is 2.64 bits per heavy atom.